The van der Waals surface area contributed by atoms with Crippen LogP contribution in [-0.4, -0.2) is 71.8 Å². The zero-order valence-corrected chi connectivity index (χ0v) is 14.6. The van der Waals surface area contributed by atoms with Crippen molar-refractivity contribution in [2.75, 3.05) is 26.2 Å². The van der Waals surface area contributed by atoms with Gasteiger partial charge in [-0.1, -0.05) is 0 Å². The number of hydrogen-bond acceptors (Lipinski definition) is 6. The van der Waals surface area contributed by atoms with Crippen LogP contribution in [0.25, 0.3) is 0 Å². The van der Waals surface area contributed by atoms with Gasteiger partial charge in [-0.2, -0.15) is 13.2 Å². The zero-order chi connectivity index (χ0) is 19.4. The molecule has 10 heteroatoms. The van der Waals surface area contributed by atoms with Gasteiger partial charge in [0, 0.05) is 43.8 Å². The van der Waals surface area contributed by atoms with E-state index in [2.05, 4.69) is 10.2 Å². The number of hydrogen-bond donors (Lipinski definition) is 1. The van der Waals surface area contributed by atoms with Crippen molar-refractivity contribution in [3.63, 3.8) is 0 Å². The highest BCUT2D eigenvalue weighted by Gasteiger charge is 2.34. The molecule has 2 rings (SSSR count). The zero-order valence-electron chi connectivity index (χ0n) is 14.6. The van der Waals surface area contributed by atoms with E-state index >= 15 is 0 Å². The number of carbonyl (C=O) groups excluding carboxylic acids is 2. The van der Waals surface area contributed by atoms with Gasteiger partial charge in [-0.3, -0.25) is 4.90 Å². The SMILES string of the molecule is CC(C)(C)N(C(=O)[O-])C1CCN(C2CNC2)CC1.O=C([O-])C(F)(F)F. The van der Waals surface area contributed by atoms with Crippen LogP contribution in [0.15, 0.2) is 0 Å². The molecule has 2 saturated heterocycles. The van der Waals surface area contributed by atoms with E-state index < -0.39 is 18.2 Å². The summed E-state index contributed by atoms with van der Waals surface area (Å²) in [7, 11) is 0. The Bertz CT molecular complexity index is 468. The normalized spacial score (nSPS) is 20.2. The lowest BCUT2D eigenvalue weighted by Crippen LogP contribution is -2.62. The van der Waals surface area contributed by atoms with Crippen LogP contribution in [0.1, 0.15) is 33.6 Å². The highest BCUT2D eigenvalue weighted by Crippen LogP contribution is 2.25. The van der Waals surface area contributed by atoms with Gasteiger partial charge in [-0.25, -0.2) is 0 Å². The van der Waals surface area contributed by atoms with Crippen LogP contribution in [0.4, 0.5) is 18.0 Å². The molecular weight excluding hydrogens is 343 g/mol. The number of alkyl halides is 3. The molecule has 0 saturated carbocycles. The van der Waals surface area contributed by atoms with Crippen LogP contribution >= 0.6 is 0 Å². The number of halogens is 3. The summed E-state index contributed by atoms with van der Waals surface area (Å²) in [6.45, 7) is 9.96. The first-order chi connectivity index (χ1) is 11.3. The van der Waals surface area contributed by atoms with E-state index in [4.69, 9.17) is 9.90 Å². The van der Waals surface area contributed by atoms with Crippen molar-refractivity contribution in [1.82, 2.24) is 15.1 Å². The Balaban J connectivity index is 0.000000381. The third-order valence-corrected chi connectivity index (χ3v) is 4.29. The molecule has 2 aliphatic heterocycles. The maximum atomic E-state index is 11.3. The summed E-state index contributed by atoms with van der Waals surface area (Å²) in [4.78, 5) is 24.1. The van der Waals surface area contributed by atoms with Gasteiger partial charge in [0.05, 0.1) is 0 Å². The van der Waals surface area contributed by atoms with Crippen LogP contribution < -0.4 is 15.5 Å². The largest absolute Gasteiger partial charge is 0.542 e. The average molecular weight is 367 g/mol. The number of likely N-dealkylation sites (tertiary alicyclic amines) is 1. The molecule has 0 aliphatic carbocycles. The van der Waals surface area contributed by atoms with E-state index in [-0.39, 0.29) is 11.6 Å². The number of amides is 1. The lowest BCUT2D eigenvalue weighted by atomic mass is 9.95. The Morgan fingerprint density at radius 3 is 1.76 bits per heavy atom. The Kier molecular flexibility index (Phi) is 7.07. The first-order valence-electron chi connectivity index (χ1n) is 8.07. The van der Waals surface area contributed by atoms with Crippen molar-refractivity contribution in [2.24, 2.45) is 0 Å². The van der Waals surface area contributed by atoms with Crippen molar-refractivity contribution >= 4 is 12.1 Å². The molecule has 25 heavy (non-hydrogen) atoms. The van der Waals surface area contributed by atoms with Gasteiger partial charge in [0.1, 0.15) is 12.1 Å². The van der Waals surface area contributed by atoms with Gasteiger partial charge in [-0.05, 0) is 33.6 Å². The number of carboxylic acids is 1. The molecular formula is C15H24F3N3O4-2. The van der Waals surface area contributed by atoms with Crippen molar-refractivity contribution in [3.05, 3.63) is 0 Å². The second-order valence-corrected chi connectivity index (χ2v) is 7.17. The molecule has 0 aromatic heterocycles. The number of aliphatic carboxylic acids is 1. The van der Waals surface area contributed by atoms with Gasteiger partial charge in [-0.15, -0.1) is 0 Å². The summed E-state index contributed by atoms with van der Waals surface area (Å²) in [6, 6.07) is 0.774. The van der Waals surface area contributed by atoms with E-state index in [1.807, 2.05) is 20.8 Å². The van der Waals surface area contributed by atoms with Gasteiger partial charge in [0.15, 0.2) is 0 Å². The number of rotatable bonds is 2. The highest BCUT2D eigenvalue weighted by molar-refractivity contribution is 5.70. The number of carboxylic acid groups (broad SMARTS) is 2. The molecule has 0 spiro atoms. The Hall–Kier alpha value is -1.55. The van der Waals surface area contributed by atoms with Gasteiger partial charge >= 0.3 is 6.18 Å². The van der Waals surface area contributed by atoms with Crippen molar-refractivity contribution in [2.45, 2.75) is 57.4 Å². The predicted octanol–water partition coefficient (Wildman–Crippen LogP) is -0.835. The molecule has 146 valence electrons. The quantitative estimate of drug-likeness (QED) is 0.684. The third kappa shape index (κ3) is 6.35. The van der Waals surface area contributed by atoms with Gasteiger partial charge < -0.3 is 30.0 Å². The third-order valence-electron chi connectivity index (χ3n) is 4.29. The minimum Gasteiger partial charge on any atom is -0.542 e. The highest BCUT2D eigenvalue weighted by atomic mass is 19.4. The summed E-state index contributed by atoms with van der Waals surface area (Å²) >= 11 is 0. The number of nitrogens with one attached hydrogen (secondary N) is 1. The molecule has 0 atom stereocenters. The fraction of sp³-hybridized carbons (Fsp3) is 0.867. The van der Waals surface area contributed by atoms with Crippen LogP contribution in [-0.2, 0) is 4.79 Å². The minimum atomic E-state index is -5.19. The van der Waals surface area contributed by atoms with Crippen molar-refractivity contribution in [1.29, 1.82) is 0 Å². The molecule has 1 N–H and O–H groups in total. The number of carbonyl (C=O) groups is 2. The molecule has 2 fully saturated rings. The molecule has 0 radical (unpaired) electrons. The summed E-state index contributed by atoms with van der Waals surface area (Å²) in [5.74, 6) is -3.01. The Morgan fingerprint density at radius 1 is 1.08 bits per heavy atom. The molecule has 2 aliphatic rings. The standard InChI is InChI=1S/C13H25N3O2.C2HF3O2/c1-13(2,3)16(12(17)18)10-4-6-15(7-5-10)11-8-14-9-11;3-2(4,5)1(6)7/h10-11,14H,4-9H2,1-3H3,(H,17,18);(H,6,7)/p-2. The summed E-state index contributed by atoms with van der Waals surface area (Å²) in [5.41, 5.74) is -0.371. The van der Waals surface area contributed by atoms with Crippen LogP contribution in [0.3, 0.4) is 0 Å². The molecule has 0 bridgehead atoms. The smallest absolute Gasteiger partial charge is 0.430 e. The summed E-state index contributed by atoms with van der Waals surface area (Å²) < 4.78 is 31.5. The summed E-state index contributed by atoms with van der Waals surface area (Å²) in [5, 5.41) is 23.4. The minimum absolute atomic E-state index is 0.110. The predicted molar refractivity (Wildman–Crippen MR) is 79.3 cm³/mol. The van der Waals surface area contributed by atoms with Crippen molar-refractivity contribution in [3.8, 4) is 0 Å². The fourth-order valence-electron chi connectivity index (χ4n) is 3.01. The maximum Gasteiger partial charge on any atom is 0.430 e. The van der Waals surface area contributed by atoms with Crippen LogP contribution in [0.5, 0.6) is 0 Å². The molecule has 0 aromatic carbocycles. The van der Waals surface area contributed by atoms with E-state index in [0.29, 0.717) is 6.04 Å². The molecule has 7 nitrogen and oxygen atoms in total. The van der Waals surface area contributed by atoms with E-state index in [9.17, 15) is 23.1 Å². The number of nitrogens with zero attached hydrogens (tertiary/aromatic N) is 2. The fourth-order valence-corrected chi connectivity index (χ4v) is 3.01. The van der Waals surface area contributed by atoms with Gasteiger partial charge in [0.2, 0.25) is 0 Å². The average Bonchev–Trinajstić information content (AvgIpc) is 2.36. The van der Waals surface area contributed by atoms with Gasteiger partial charge in [0.25, 0.3) is 0 Å². The van der Waals surface area contributed by atoms with E-state index in [0.717, 1.165) is 39.0 Å². The molecule has 2 heterocycles. The molecule has 0 unspecified atom stereocenters. The van der Waals surface area contributed by atoms with E-state index in [1.165, 1.54) is 4.90 Å². The lowest BCUT2D eigenvalue weighted by molar-refractivity contribution is -0.344. The van der Waals surface area contributed by atoms with E-state index in [1.54, 1.807) is 0 Å². The second kappa shape index (κ2) is 8.22. The Morgan fingerprint density at radius 2 is 1.52 bits per heavy atom. The molecule has 1 amide bonds. The topological polar surface area (TPSA) is 98.8 Å². The lowest BCUT2D eigenvalue weighted by Gasteiger charge is -2.49. The monoisotopic (exact) mass is 367 g/mol. The first-order valence-corrected chi connectivity index (χ1v) is 8.07. The van der Waals surface area contributed by atoms with Crippen LogP contribution in [0, 0.1) is 0 Å². The maximum absolute atomic E-state index is 11.3. The summed E-state index contributed by atoms with van der Waals surface area (Å²) in [6.07, 6.45) is -4.39. The second-order valence-electron chi connectivity index (χ2n) is 7.17. The van der Waals surface area contributed by atoms with Crippen molar-refractivity contribution < 1.29 is 33.0 Å². The number of piperidine rings is 1. The Labute approximate surface area is 144 Å². The first kappa shape index (κ1) is 21.5. The van der Waals surface area contributed by atoms with Crippen LogP contribution in [0.2, 0.25) is 0 Å². The molecule has 0 aromatic rings.